The molecule has 0 fully saturated rings. The number of rotatable bonds is 3. The predicted molar refractivity (Wildman–Crippen MR) is 116 cm³/mol. The molecule has 0 aliphatic heterocycles. The van der Waals surface area contributed by atoms with Gasteiger partial charge in [0, 0.05) is 16.5 Å². The summed E-state index contributed by atoms with van der Waals surface area (Å²) in [5, 5.41) is 9.42. The van der Waals surface area contributed by atoms with Gasteiger partial charge in [-0.1, -0.05) is 57.3 Å². The molecule has 0 unspecified atom stereocenters. The van der Waals surface area contributed by atoms with Crippen LogP contribution in [0.4, 0.5) is 4.39 Å². The molecule has 0 saturated heterocycles. The molecule has 0 spiro atoms. The van der Waals surface area contributed by atoms with E-state index in [1.165, 1.54) is 17.0 Å². The fraction of sp³-hybridized carbons (Fsp3) is 0.227. The summed E-state index contributed by atoms with van der Waals surface area (Å²) in [5.41, 5.74) is 3.83. The Balaban J connectivity index is 1.69. The van der Waals surface area contributed by atoms with Crippen LogP contribution in [0.1, 0.15) is 36.8 Å². The van der Waals surface area contributed by atoms with E-state index >= 15 is 0 Å². The van der Waals surface area contributed by atoms with E-state index in [2.05, 4.69) is 42.0 Å². The number of halogens is 1. The summed E-state index contributed by atoms with van der Waals surface area (Å²) in [6.07, 6.45) is 2.63. The third kappa shape index (κ3) is 3.75. The molecule has 2 heterocycles. The van der Waals surface area contributed by atoms with Crippen molar-refractivity contribution in [2.45, 2.75) is 32.6 Å². The quantitative estimate of drug-likeness (QED) is 0.396. The van der Waals surface area contributed by atoms with E-state index in [0.717, 1.165) is 33.5 Å². The SMILES string of the molecule is CC(C)(C)c1cnc(-c2n[nH]c3cc(Cc4ccc(F)cc4)ccc3c2=S)s1. The van der Waals surface area contributed by atoms with Crippen molar-refractivity contribution in [3.63, 3.8) is 0 Å². The lowest BCUT2D eigenvalue weighted by Gasteiger charge is -2.14. The standard InChI is InChI=1S/C22H20FN3S2/c1-22(2,3)18-12-24-21(28-18)19-20(27)16-9-6-14(11-17(16)25-26-19)10-13-4-7-15(23)8-5-13/h4-9,11-12H,10H2,1-3H3,(H,25,27). The number of thiazole rings is 1. The summed E-state index contributed by atoms with van der Waals surface area (Å²) in [5.74, 6) is -0.222. The Hall–Kier alpha value is -2.44. The smallest absolute Gasteiger partial charge is 0.145 e. The van der Waals surface area contributed by atoms with Crippen molar-refractivity contribution >= 4 is 34.5 Å². The molecule has 0 radical (unpaired) electrons. The van der Waals surface area contributed by atoms with Gasteiger partial charge in [0.05, 0.1) is 10.0 Å². The highest BCUT2D eigenvalue weighted by Gasteiger charge is 2.19. The molecule has 0 saturated carbocycles. The van der Waals surface area contributed by atoms with Crippen molar-refractivity contribution < 1.29 is 4.39 Å². The Morgan fingerprint density at radius 3 is 2.46 bits per heavy atom. The lowest BCUT2D eigenvalue weighted by Crippen LogP contribution is -2.07. The number of aromatic amines is 1. The largest absolute Gasteiger partial charge is 0.277 e. The van der Waals surface area contributed by atoms with Gasteiger partial charge in [-0.2, -0.15) is 5.10 Å². The second-order valence-electron chi connectivity index (χ2n) is 7.86. The lowest BCUT2D eigenvalue weighted by atomic mass is 9.96. The molecule has 0 amide bonds. The maximum absolute atomic E-state index is 13.1. The molecule has 2 aromatic carbocycles. The number of fused-ring (bicyclic) bond motifs is 1. The minimum absolute atomic E-state index is 0.0490. The van der Waals surface area contributed by atoms with Gasteiger partial charge in [0.1, 0.15) is 16.5 Å². The predicted octanol–water partition coefficient (Wildman–Crippen LogP) is 6.44. The summed E-state index contributed by atoms with van der Waals surface area (Å²) in [4.78, 5) is 5.74. The molecule has 2 aromatic heterocycles. The van der Waals surface area contributed by atoms with Crippen LogP contribution in [-0.4, -0.2) is 15.2 Å². The zero-order valence-electron chi connectivity index (χ0n) is 15.9. The van der Waals surface area contributed by atoms with Crippen molar-refractivity contribution in [3.05, 3.63) is 75.0 Å². The Labute approximate surface area is 172 Å². The fourth-order valence-corrected chi connectivity index (χ4v) is 4.35. The molecular weight excluding hydrogens is 389 g/mol. The topological polar surface area (TPSA) is 41.6 Å². The number of benzene rings is 2. The molecule has 3 nitrogen and oxygen atoms in total. The average molecular weight is 410 g/mol. The molecule has 0 bridgehead atoms. The van der Waals surface area contributed by atoms with Gasteiger partial charge in [-0.25, -0.2) is 9.37 Å². The summed E-state index contributed by atoms with van der Waals surface area (Å²) >= 11 is 7.34. The first-order valence-electron chi connectivity index (χ1n) is 9.04. The fourth-order valence-electron chi connectivity index (χ4n) is 3.00. The van der Waals surface area contributed by atoms with E-state index in [1.54, 1.807) is 23.5 Å². The van der Waals surface area contributed by atoms with E-state index in [4.69, 9.17) is 12.2 Å². The Bertz CT molecular complexity index is 1200. The van der Waals surface area contributed by atoms with Gasteiger partial charge in [-0.05, 0) is 41.2 Å². The molecule has 1 N–H and O–H groups in total. The van der Waals surface area contributed by atoms with E-state index in [9.17, 15) is 4.39 Å². The van der Waals surface area contributed by atoms with Gasteiger partial charge in [0.25, 0.3) is 0 Å². The van der Waals surface area contributed by atoms with Crippen LogP contribution in [0.15, 0.2) is 48.7 Å². The first kappa shape index (κ1) is 18.9. The highest BCUT2D eigenvalue weighted by molar-refractivity contribution is 7.71. The summed E-state index contributed by atoms with van der Waals surface area (Å²) in [6.45, 7) is 6.50. The zero-order valence-corrected chi connectivity index (χ0v) is 17.5. The van der Waals surface area contributed by atoms with Gasteiger partial charge in [0.15, 0.2) is 0 Å². The van der Waals surface area contributed by atoms with Crippen molar-refractivity contribution in [3.8, 4) is 10.7 Å². The van der Waals surface area contributed by atoms with Crippen molar-refractivity contribution in [2.75, 3.05) is 0 Å². The zero-order chi connectivity index (χ0) is 19.9. The second kappa shape index (κ2) is 7.18. The molecule has 0 aliphatic rings. The average Bonchev–Trinajstić information content (AvgIpc) is 3.14. The Kier molecular flexibility index (Phi) is 4.85. The van der Waals surface area contributed by atoms with Gasteiger partial charge in [-0.3, -0.25) is 5.10 Å². The summed E-state index contributed by atoms with van der Waals surface area (Å²) < 4.78 is 13.8. The van der Waals surface area contributed by atoms with Crippen molar-refractivity contribution in [1.82, 2.24) is 15.2 Å². The van der Waals surface area contributed by atoms with Crippen LogP contribution in [0.2, 0.25) is 0 Å². The third-order valence-electron chi connectivity index (χ3n) is 4.60. The highest BCUT2D eigenvalue weighted by atomic mass is 32.1. The maximum atomic E-state index is 13.1. The highest BCUT2D eigenvalue weighted by Crippen LogP contribution is 2.33. The first-order valence-corrected chi connectivity index (χ1v) is 10.3. The van der Waals surface area contributed by atoms with Crippen LogP contribution in [0.25, 0.3) is 21.6 Å². The number of nitrogens with one attached hydrogen (secondary N) is 1. The van der Waals surface area contributed by atoms with E-state index < -0.39 is 0 Å². The lowest BCUT2D eigenvalue weighted by molar-refractivity contribution is 0.602. The van der Waals surface area contributed by atoms with Gasteiger partial charge >= 0.3 is 0 Å². The van der Waals surface area contributed by atoms with Crippen LogP contribution >= 0.6 is 23.6 Å². The first-order chi connectivity index (χ1) is 13.3. The van der Waals surface area contributed by atoms with Gasteiger partial charge in [-0.15, -0.1) is 11.3 Å². The van der Waals surface area contributed by atoms with Crippen LogP contribution in [-0.2, 0) is 11.8 Å². The number of hydrogen-bond donors (Lipinski definition) is 1. The summed E-state index contributed by atoms with van der Waals surface area (Å²) in [7, 11) is 0. The molecule has 0 aliphatic carbocycles. The van der Waals surface area contributed by atoms with Crippen LogP contribution in [0, 0.1) is 10.3 Å². The molecule has 28 heavy (non-hydrogen) atoms. The maximum Gasteiger partial charge on any atom is 0.145 e. The molecule has 4 aromatic rings. The van der Waals surface area contributed by atoms with Crippen LogP contribution in [0.3, 0.4) is 0 Å². The normalized spacial score (nSPS) is 11.9. The van der Waals surface area contributed by atoms with Crippen molar-refractivity contribution in [1.29, 1.82) is 0 Å². The minimum Gasteiger partial charge on any atom is -0.277 e. The molecule has 142 valence electrons. The monoisotopic (exact) mass is 409 g/mol. The minimum atomic E-state index is -0.222. The number of nitrogens with zero attached hydrogens (tertiary/aromatic N) is 2. The summed E-state index contributed by atoms with van der Waals surface area (Å²) in [6, 6.07) is 12.7. The van der Waals surface area contributed by atoms with E-state index in [1.807, 2.05) is 18.3 Å². The molecule has 0 atom stereocenters. The van der Waals surface area contributed by atoms with Gasteiger partial charge < -0.3 is 0 Å². The molecule has 4 rings (SSSR count). The number of hydrogen-bond acceptors (Lipinski definition) is 4. The number of H-pyrrole nitrogens is 1. The van der Waals surface area contributed by atoms with Gasteiger partial charge in [0.2, 0.25) is 0 Å². The van der Waals surface area contributed by atoms with E-state index in [-0.39, 0.29) is 11.2 Å². The van der Waals surface area contributed by atoms with Crippen molar-refractivity contribution in [2.24, 2.45) is 0 Å². The van der Waals surface area contributed by atoms with E-state index in [0.29, 0.717) is 10.2 Å². The molecule has 6 heteroatoms. The second-order valence-corrected chi connectivity index (χ2v) is 9.30. The van der Waals surface area contributed by atoms with Crippen LogP contribution in [0.5, 0.6) is 0 Å². The molecular formula is C22H20FN3S2. The Morgan fingerprint density at radius 2 is 1.79 bits per heavy atom. The Morgan fingerprint density at radius 1 is 1.07 bits per heavy atom. The van der Waals surface area contributed by atoms with Crippen LogP contribution < -0.4 is 0 Å². The third-order valence-corrected chi connectivity index (χ3v) is 6.44. The number of aromatic nitrogens is 3.